The fourth-order valence-corrected chi connectivity index (χ4v) is 1.91. The Kier molecular flexibility index (Phi) is 4.09. The number of nitrogens with one attached hydrogen (secondary N) is 1. The Balaban J connectivity index is 1.98. The van der Waals surface area contributed by atoms with E-state index in [1.165, 1.54) is 0 Å². The fraction of sp³-hybridized carbons (Fsp3) is 0.583. The zero-order chi connectivity index (χ0) is 13.0. The van der Waals surface area contributed by atoms with Crippen LogP contribution in [-0.4, -0.2) is 40.3 Å². The number of hydrogen-bond acceptors (Lipinski definition) is 5. The van der Waals surface area contributed by atoms with Crippen LogP contribution in [0, 0.1) is 0 Å². The Hall–Kier alpha value is -1.69. The average Bonchev–Trinajstić information content (AvgIpc) is 2.40. The van der Waals surface area contributed by atoms with Crippen LogP contribution in [0.2, 0.25) is 0 Å². The number of anilines is 1. The molecule has 1 saturated heterocycles. The van der Waals surface area contributed by atoms with Crippen LogP contribution < -0.4 is 5.32 Å². The number of ether oxygens (including phenoxy) is 1. The Morgan fingerprint density at radius 1 is 1.44 bits per heavy atom. The van der Waals surface area contributed by atoms with E-state index in [-0.39, 0.29) is 0 Å². The van der Waals surface area contributed by atoms with E-state index >= 15 is 0 Å². The summed E-state index contributed by atoms with van der Waals surface area (Å²) < 4.78 is 5.31. The van der Waals surface area contributed by atoms with Gasteiger partial charge in [-0.05, 0) is 31.2 Å². The SMILES string of the molecule is CC(Nc1ncc(C2CCOCC2)cn1)C(=O)O. The van der Waals surface area contributed by atoms with Gasteiger partial charge in [-0.15, -0.1) is 0 Å². The molecule has 0 radical (unpaired) electrons. The van der Waals surface area contributed by atoms with Gasteiger partial charge in [0, 0.05) is 25.6 Å². The first kappa shape index (κ1) is 12.8. The number of carboxylic acid groups (broad SMARTS) is 1. The average molecular weight is 251 g/mol. The highest BCUT2D eigenvalue weighted by Gasteiger charge is 2.17. The maximum absolute atomic E-state index is 10.7. The third kappa shape index (κ3) is 3.16. The third-order valence-corrected chi connectivity index (χ3v) is 3.08. The molecule has 1 aliphatic rings. The van der Waals surface area contributed by atoms with E-state index in [2.05, 4.69) is 15.3 Å². The van der Waals surface area contributed by atoms with Gasteiger partial charge in [0.2, 0.25) is 5.95 Å². The van der Waals surface area contributed by atoms with Gasteiger partial charge in [0.05, 0.1) is 0 Å². The summed E-state index contributed by atoms with van der Waals surface area (Å²) >= 11 is 0. The highest BCUT2D eigenvalue weighted by Crippen LogP contribution is 2.25. The van der Waals surface area contributed by atoms with Crippen LogP contribution in [0.4, 0.5) is 5.95 Å². The number of aliphatic carboxylic acids is 1. The fourth-order valence-electron chi connectivity index (χ4n) is 1.91. The summed E-state index contributed by atoms with van der Waals surface area (Å²) in [4.78, 5) is 19.0. The molecule has 6 nitrogen and oxygen atoms in total. The molecule has 6 heteroatoms. The van der Waals surface area contributed by atoms with Crippen molar-refractivity contribution in [3.63, 3.8) is 0 Å². The van der Waals surface area contributed by atoms with Crippen LogP contribution in [0.25, 0.3) is 0 Å². The number of aromatic nitrogens is 2. The molecule has 1 unspecified atom stereocenters. The van der Waals surface area contributed by atoms with Crippen molar-refractivity contribution in [1.29, 1.82) is 0 Å². The topological polar surface area (TPSA) is 84.3 Å². The molecule has 0 spiro atoms. The Bertz CT molecular complexity index is 402. The van der Waals surface area contributed by atoms with Crippen LogP contribution in [0.3, 0.4) is 0 Å². The molecule has 1 fully saturated rings. The maximum Gasteiger partial charge on any atom is 0.325 e. The Morgan fingerprint density at radius 2 is 2.06 bits per heavy atom. The van der Waals surface area contributed by atoms with Crippen molar-refractivity contribution in [2.45, 2.75) is 31.7 Å². The molecule has 0 amide bonds. The minimum absolute atomic E-state index is 0.348. The predicted octanol–water partition coefficient (Wildman–Crippen LogP) is 1.26. The van der Waals surface area contributed by atoms with E-state index in [4.69, 9.17) is 9.84 Å². The monoisotopic (exact) mass is 251 g/mol. The molecule has 1 atom stereocenters. The molecule has 1 aromatic heterocycles. The smallest absolute Gasteiger partial charge is 0.325 e. The van der Waals surface area contributed by atoms with Crippen molar-refractivity contribution in [3.8, 4) is 0 Å². The second-order valence-corrected chi connectivity index (χ2v) is 4.43. The zero-order valence-electron chi connectivity index (χ0n) is 10.3. The minimum Gasteiger partial charge on any atom is -0.480 e. The summed E-state index contributed by atoms with van der Waals surface area (Å²) in [6, 6.07) is -0.695. The van der Waals surface area contributed by atoms with E-state index in [1.807, 2.05) is 0 Å². The lowest BCUT2D eigenvalue weighted by molar-refractivity contribution is -0.137. The predicted molar refractivity (Wildman–Crippen MR) is 65.5 cm³/mol. The highest BCUT2D eigenvalue weighted by molar-refractivity contribution is 5.75. The zero-order valence-corrected chi connectivity index (χ0v) is 10.3. The van der Waals surface area contributed by atoms with Crippen LogP contribution >= 0.6 is 0 Å². The molecule has 2 heterocycles. The van der Waals surface area contributed by atoms with Crippen LogP contribution in [0.5, 0.6) is 0 Å². The van der Waals surface area contributed by atoms with E-state index < -0.39 is 12.0 Å². The number of nitrogens with zero attached hydrogens (tertiary/aromatic N) is 2. The quantitative estimate of drug-likeness (QED) is 0.838. The number of rotatable bonds is 4. The van der Waals surface area contributed by atoms with Crippen molar-refractivity contribution in [2.75, 3.05) is 18.5 Å². The third-order valence-electron chi connectivity index (χ3n) is 3.08. The second kappa shape index (κ2) is 5.77. The molecule has 1 aromatic rings. The Morgan fingerprint density at radius 3 is 2.61 bits per heavy atom. The van der Waals surface area contributed by atoms with Crippen molar-refractivity contribution in [2.24, 2.45) is 0 Å². The van der Waals surface area contributed by atoms with Crippen molar-refractivity contribution in [3.05, 3.63) is 18.0 Å². The molecule has 0 saturated carbocycles. The van der Waals surface area contributed by atoms with Gasteiger partial charge in [-0.2, -0.15) is 0 Å². The standard InChI is InChI=1S/C12H17N3O3/c1-8(11(16)17)15-12-13-6-10(7-14-12)9-2-4-18-5-3-9/h6-9H,2-5H2,1H3,(H,16,17)(H,13,14,15). The van der Waals surface area contributed by atoms with Gasteiger partial charge in [-0.25, -0.2) is 9.97 Å². The van der Waals surface area contributed by atoms with E-state index in [9.17, 15) is 4.79 Å². The number of hydrogen-bond donors (Lipinski definition) is 2. The van der Waals surface area contributed by atoms with Gasteiger partial charge < -0.3 is 15.2 Å². The van der Waals surface area contributed by atoms with Gasteiger partial charge in [0.15, 0.2) is 0 Å². The molecule has 1 aliphatic heterocycles. The maximum atomic E-state index is 10.7. The minimum atomic E-state index is -0.924. The van der Waals surface area contributed by atoms with E-state index in [1.54, 1.807) is 19.3 Å². The lowest BCUT2D eigenvalue weighted by Gasteiger charge is -2.21. The first-order valence-electron chi connectivity index (χ1n) is 6.06. The summed E-state index contributed by atoms with van der Waals surface area (Å²) in [5.41, 5.74) is 1.09. The molecule has 0 aromatic carbocycles. The van der Waals surface area contributed by atoms with Crippen LogP contribution in [0.15, 0.2) is 12.4 Å². The van der Waals surface area contributed by atoms with E-state index in [0.29, 0.717) is 11.9 Å². The summed E-state index contributed by atoms with van der Waals surface area (Å²) in [6.45, 7) is 3.11. The van der Waals surface area contributed by atoms with Crippen molar-refractivity contribution >= 4 is 11.9 Å². The van der Waals surface area contributed by atoms with Crippen molar-refractivity contribution in [1.82, 2.24) is 9.97 Å². The summed E-state index contributed by atoms with van der Waals surface area (Å²) in [5, 5.41) is 11.5. The first-order valence-corrected chi connectivity index (χ1v) is 6.06. The number of carboxylic acids is 1. The van der Waals surface area contributed by atoms with Gasteiger partial charge in [0.25, 0.3) is 0 Å². The van der Waals surface area contributed by atoms with Gasteiger partial charge in [-0.1, -0.05) is 0 Å². The molecular weight excluding hydrogens is 234 g/mol. The Labute approximate surface area is 105 Å². The lowest BCUT2D eigenvalue weighted by Crippen LogP contribution is -2.26. The van der Waals surface area contributed by atoms with Crippen molar-refractivity contribution < 1.29 is 14.6 Å². The summed E-state index contributed by atoms with van der Waals surface area (Å²) in [6.07, 6.45) is 5.50. The van der Waals surface area contributed by atoms with Crippen LogP contribution in [0.1, 0.15) is 31.2 Å². The molecule has 18 heavy (non-hydrogen) atoms. The summed E-state index contributed by atoms with van der Waals surface area (Å²) in [5.74, 6) is -0.127. The first-order chi connectivity index (χ1) is 8.66. The molecule has 0 bridgehead atoms. The molecule has 0 aliphatic carbocycles. The van der Waals surface area contributed by atoms with Gasteiger partial charge >= 0.3 is 5.97 Å². The number of carbonyl (C=O) groups is 1. The van der Waals surface area contributed by atoms with Crippen LogP contribution in [-0.2, 0) is 9.53 Å². The van der Waals surface area contributed by atoms with E-state index in [0.717, 1.165) is 31.6 Å². The lowest BCUT2D eigenvalue weighted by atomic mass is 9.94. The second-order valence-electron chi connectivity index (χ2n) is 4.43. The largest absolute Gasteiger partial charge is 0.480 e. The molecule has 2 N–H and O–H groups in total. The summed E-state index contributed by atoms with van der Waals surface area (Å²) in [7, 11) is 0. The molecule has 98 valence electrons. The van der Waals surface area contributed by atoms with Gasteiger partial charge in [-0.3, -0.25) is 4.79 Å². The van der Waals surface area contributed by atoms with Gasteiger partial charge in [0.1, 0.15) is 6.04 Å². The highest BCUT2D eigenvalue weighted by atomic mass is 16.5. The molecule has 2 rings (SSSR count). The normalized spacial score (nSPS) is 18.3. The molecular formula is C12H17N3O3.